The molecule has 0 radical (unpaired) electrons. The van der Waals surface area contributed by atoms with Crippen LogP contribution in [0.3, 0.4) is 0 Å². The number of nitrogens with two attached hydrogens (primary N) is 1. The number of hydrogen-bond acceptors (Lipinski definition) is 4. The lowest BCUT2D eigenvalue weighted by molar-refractivity contribution is -0.134. The largest absolute Gasteiger partial charge is 0.494 e. The monoisotopic (exact) mass is 334 g/mol. The molecule has 1 aromatic carbocycles. The summed E-state index contributed by atoms with van der Waals surface area (Å²) in [7, 11) is 0. The number of carbonyl (C=O) groups excluding carboxylic acids is 2. The van der Waals surface area contributed by atoms with E-state index in [-0.39, 0.29) is 18.4 Å². The summed E-state index contributed by atoms with van der Waals surface area (Å²) in [5.74, 6) is 0.391. The molecular weight excluding hydrogens is 308 g/mol. The molecule has 1 heterocycles. The van der Waals surface area contributed by atoms with Crippen LogP contribution in [0.5, 0.6) is 5.75 Å². The molecule has 2 rings (SSSR count). The van der Waals surface area contributed by atoms with Crippen molar-refractivity contribution in [3.63, 3.8) is 0 Å². The molecule has 0 aromatic heterocycles. The van der Waals surface area contributed by atoms with Crippen molar-refractivity contribution in [2.45, 2.75) is 32.6 Å². The van der Waals surface area contributed by atoms with Gasteiger partial charge in [-0.05, 0) is 43.9 Å². The van der Waals surface area contributed by atoms with Gasteiger partial charge in [-0.25, -0.2) is 0 Å². The minimum atomic E-state index is -0.674. The first kappa shape index (κ1) is 18.3. The van der Waals surface area contributed by atoms with Gasteiger partial charge in [0.1, 0.15) is 5.75 Å². The Hall–Kier alpha value is -2.08. The Balaban J connectivity index is 1.79. The fraction of sp³-hybridized carbons (Fsp3) is 0.556. The molecule has 2 amide bonds. The number of benzene rings is 1. The molecule has 1 saturated heterocycles. The van der Waals surface area contributed by atoms with Crippen LogP contribution >= 0.6 is 0 Å². The summed E-state index contributed by atoms with van der Waals surface area (Å²) in [5, 5.41) is 2.86. The second kappa shape index (κ2) is 8.68. The van der Waals surface area contributed by atoms with Crippen LogP contribution in [0.25, 0.3) is 0 Å². The van der Waals surface area contributed by atoms with Crippen LogP contribution in [0, 0.1) is 5.41 Å². The van der Waals surface area contributed by atoms with E-state index in [9.17, 15) is 9.59 Å². The molecule has 1 aliphatic heterocycles. The quantitative estimate of drug-likeness (QED) is 0.752. The highest BCUT2D eigenvalue weighted by molar-refractivity contribution is 5.83. The SMILES string of the molecule is CCOc1ccc(CCC(=O)NCC2(C(N)=O)CCOCC2)cc1. The van der Waals surface area contributed by atoms with E-state index in [0.717, 1.165) is 11.3 Å². The smallest absolute Gasteiger partial charge is 0.225 e. The zero-order valence-corrected chi connectivity index (χ0v) is 14.2. The number of primary amides is 1. The van der Waals surface area contributed by atoms with E-state index in [1.54, 1.807) is 0 Å². The number of amides is 2. The summed E-state index contributed by atoms with van der Waals surface area (Å²) in [6.45, 7) is 3.87. The minimum Gasteiger partial charge on any atom is -0.494 e. The molecule has 1 aromatic rings. The van der Waals surface area contributed by atoms with Gasteiger partial charge in [-0.2, -0.15) is 0 Å². The average Bonchev–Trinajstić information content (AvgIpc) is 2.60. The fourth-order valence-corrected chi connectivity index (χ4v) is 2.81. The van der Waals surface area contributed by atoms with Crippen molar-refractivity contribution in [1.82, 2.24) is 5.32 Å². The van der Waals surface area contributed by atoms with Crippen LogP contribution in [-0.2, 0) is 20.7 Å². The first-order chi connectivity index (χ1) is 11.6. The summed E-state index contributed by atoms with van der Waals surface area (Å²) in [5.41, 5.74) is 5.93. The Morgan fingerprint density at radius 2 is 1.92 bits per heavy atom. The number of aryl methyl sites for hydroxylation is 1. The van der Waals surface area contributed by atoms with Gasteiger partial charge in [0.05, 0.1) is 12.0 Å². The molecule has 1 fully saturated rings. The van der Waals surface area contributed by atoms with Crippen molar-refractivity contribution >= 4 is 11.8 Å². The van der Waals surface area contributed by atoms with E-state index >= 15 is 0 Å². The zero-order valence-electron chi connectivity index (χ0n) is 14.2. The van der Waals surface area contributed by atoms with Gasteiger partial charge in [0.15, 0.2) is 0 Å². The molecule has 0 aliphatic carbocycles. The number of carbonyl (C=O) groups is 2. The normalized spacial score (nSPS) is 16.4. The van der Waals surface area contributed by atoms with Gasteiger partial charge >= 0.3 is 0 Å². The molecule has 0 saturated carbocycles. The van der Waals surface area contributed by atoms with Crippen molar-refractivity contribution in [1.29, 1.82) is 0 Å². The van der Waals surface area contributed by atoms with Gasteiger partial charge in [-0.3, -0.25) is 9.59 Å². The van der Waals surface area contributed by atoms with Crippen molar-refractivity contribution in [2.75, 3.05) is 26.4 Å². The third-order valence-corrected chi connectivity index (χ3v) is 4.47. The van der Waals surface area contributed by atoms with E-state index in [2.05, 4.69) is 5.32 Å². The third-order valence-electron chi connectivity index (χ3n) is 4.47. The molecule has 0 spiro atoms. The summed E-state index contributed by atoms with van der Waals surface area (Å²) >= 11 is 0. The van der Waals surface area contributed by atoms with E-state index in [0.29, 0.717) is 45.5 Å². The van der Waals surface area contributed by atoms with E-state index < -0.39 is 5.41 Å². The fourth-order valence-electron chi connectivity index (χ4n) is 2.81. The number of ether oxygens (including phenoxy) is 2. The Bertz CT molecular complexity index is 551. The van der Waals surface area contributed by atoms with Gasteiger partial charge in [0.2, 0.25) is 11.8 Å². The van der Waals surface area contributed by atoms with Crippen LogP contribution < -0.4 is 15.8 Å². The first-order valence-corrected chi connectivity index (χ1v) is 8.42. The Labute approximate surface area is 142 Å². The predicted molar refractivity (Wildman–Crippen MR) is 90.6 cm³/mol. The maximum Gasteiger partial charge on any atom is 0.225 e. The lowest BCUT2D eigenvalue weighted by atomic mass is 9.79. The third kappa shape index (κ3) is 4.96. The van der Waals surface area contributed by atoms with Crippen molar-refractivity contribution in [2.24, 2.45) is 11.1 Å². The van der Waals surface area contributed by atoms with Gasteiger partial charge in [-0.1, -0.05) is 12.1 Å². The van der Waals surface area contributed by atoms with Crippen LogP contribution in [0.1, 0.15) is 31.7 Å². The summed E-state index contributed by atoms with van der Waals surface area (Å²) in [6, 6.07) is 7.73. The van der Waals surface area contributed by atoms with E-state index in [4.69, 9.17) is 15.2 Å². The lowest BCUT2D eigenvalue weighted by Crippen LogP contribution is -2.49. The molecule has 132 valence electrons. The van der Waals surface area contributed by atoms with Crippen LogP contribution in [0.2, 0.25) is 0 Å². The standard InChI is InChI=1S/C18H26N2O4/c1-2-24-15-6-3-14(4-7-15)5-8-16(21)20-13-18(17(19)22)9-11-23-12-10-18/h3-4,6-7H,2,5,8-13H2,1H3,(H2,19,22)(H,20,21). The van der Waals surface area contributed by atoms with Gasteiger partial charge in [-0.15, -0.1) is 0 Å². The van der Waals surface area contributed by atoms with Gasteiger partial charge in [0.25, 0.3) is 0 Å². The van der Waals surface area contributed by atoms with Gasteiger partial charge < -0.3 is 20.5 Å². The minimum absolute atomic E-state index is 0.0731. The topological polar surface area (TPSA) is 90.6 Å². The molecule has 24 heavy (non-hydrogen) atoms. The van der Waals surface area contributed by atoms with Crippen molar-refractivity contribution in [3.05, 3.63) is 29.8 Å². The second-order valence-electron chi connectivity index (χ2n) is 6.11. The molecule has 6 nitrogen and oxygen atoms in total. The maximum absolute atomic E-state index is 12.1. The van der Waals surface area contributed by atoms with Gasteiger partial charge in [0, 0.05) is 26.2 Å². The Kier molecular flexibility index (Phi) is 6.61. The molecular formula is C18H26N2O4. The number of nitrogens with one attached hydrogen (secondary N) is 1. The number of hydrogen-bond donors (Lipinski definition) is 2. The molecule has 1 aliphatic rings. The van der Waals surface area contributed by atoms with Crippen LogP contribution in [0.15, 0.2) is 24.3 Å². The highest BCUT2D eigenvalue weighted by atomic mass is 16.5. The zero-order chi connectivity index (χ0) is 17.4. The van der Waals surface area contributed by atoms with Crippen molar-refractivity contribution in [3.8, 4) is 5.75 Å². The first-order valence-electron chi connectivity index (χ1n) is 8.42. The van der Waals surface area contributed by atoms with Crippen LogP contribution in [0.4, 0.5) is 0 Å². The van der Waals surface area contributed by atoms with E-state index in [1.807, 2.05) is 31.2 Å². The van der Waals surface area contributed by atoms with Crippen molar-refractivity contribution < 1.29 is 19.1 Å². The summed E-state index contributed by atoms with van der Waals surface area (Å²) in [4.78, 5) is 23.8. The second-order valence-corrected chi connectivity index (χ2v) is 6.11. The molecule has 0 atom stereocenters. The van der Waals surface area contributed by atoms with Crippen LogP contribution in [-0.4, -0.2) is 38.2 Å². The van der Waals surface area contributed by atoms with E-state index in [1.165, 1.54) is 0 Å². The highest BCUT2D eigenvalue weighted by Gasteiger charge is 2.38. The summed E-state index contributed by atoms with van der Waals surface area (Å²) < 4.78 is 10.7. The summed E-state index contributed by atoms with van der Waals surface area (Å²) in [6.07, 6.45) is 2.13. The molecule has 0 unspecified atom stereocenters. The number of rotatable bonds is 8. The molecule has 0 bridgehead atoms. The average molecular weight is 334 g/mol. The molecule has 6 heteroatoms. The molecule has 3 N–H and O–H groups in total. The Morgan fingerprint density at radius 3 is 2.50 bits per heavy atom. The lowest BCUT2D eigenvalue weighted by Gasteiger charge is -2.34. The Morgan fingerprint density at radius 1 is 1.25 bits per heavy atom. The predicted octanol–water partition coefficient (Wildman–Crippen LogP) is 1.42. The maximum atomic E-state index is 12.1. The highest BCUT2D eigenvalue weighted by Crippen LogP contribution is 2.29.